The molecule has 28 heavy (non-hydrogen) atoms. The summed E-state index contributed by atoms with van der Waals surface area (Å²) in [4.78, 5) is 0. The summed E-state index contributed by atoms with van der Waals surface area (Å²) < 4.78 is 16.3. The Kier molecular flexibility index (Phi) is 6.52. The number of hydrazone groups is 1. The van der Waals surface area contributed by atoms with Crippen molar-refractivity contribution in [3.05, 3.63) is 83.9 Å². The van der Waals surface area contributed by atoms with Crippen LogP contribution in [0, 0.1) is 0 Å². The number of benzene rings is 3. The molecule has 5 nitrogen and oxygen atoms in total. The number of para-hydroxylation sites is 1. The van der Waals surface area contributed by atoms with Gasteiger partial charge in [-0.25, -0.2) is 0 Å². The van der Waals surface area contributed by atoms with Gasteiger partial charge in [-0.3, -0.25) is 5.01 Å². The Morgan fingerprint density at radius 2 is 1.32 bits per heavy atom. The summed E-state index contributed by atoms with van der Waals surface area (Å²) in [6.07, 6.45) is 1.77. The first-order valence-electron chi connectivity index (χ1n) is 8.95. The Labute approximate surface area is 165 Å². The van der Waals surface area contributed by atoms with Crippen LogP contribution >= 0.6 is 0 Å². The Morgan fingerprint density at radius 3 is 1.93 bits per heavy atom. The van der Waals surface area contributed by atoms with Gasteiger partial charge in [-0.05, 0) is 23.8 Å². The molecule has 5 heteroatoms. The molecular formula is C23H24N2O3. The lowest BCUT2D eigenvalue weighted by molar-refractivity contribution is 0.349. The van der Waals surface area contributed by atoms with Gasteiger partial charge >= 0.3 is 0 Å². The largest absolute Gasteiger partial charge is 0.496 e. The maximum absolute atomic E-state index is 5.50. The minimum absolute atomic E-state index is 0.612. The van der Waals surface area contributed by atoms with Crippen molar-refractivity contribution in [1.29, 1.82) is 0 Å². The first-order chi connectivity index (χ1) is 13.7. The number of ether oxygens (including phenoxy) is 3. The average Bonchev–Trinajstić information content (AvgIpc) is 2.77. The van der Waals surface area contributed by atoms with Crippen LogP contribution in [0.15, 0.2) is 77.9 Å². The zero-order valence-corrected chi connectivity index (χ0v) is 16.3. The molecule has 0 amide bonds. The zero-order chi connectivity index (χ0) is 19.8. The van der Waals surface area contributed by atoms with E-state index in [0.29, 0.717) is 23.8 Å². The monoisotopic (exact) mass is 376 g/mol. The van der Waals surface area contributed by atoms with Crippen molar-refractivity contribution in [2.45, 2.75) is 6.54 Å². The summed E-state index contributed by atoms with van der Waals surface area (Å²) >= 11 is 0. The molecule has 0 aliphatic rings. The van der Waals surface area contributed by atoms with Gasteiger partial charge in [0.1, 0.15) is 5.75 Å². The van der Waals surface area contributed by atoms with E-state index in [1.807, 2.05) is 59.6 Å². The van der Waals surface area contributed by atoms with E-state index in [1.165, 1.54) is 5.56 Å². The normalized spacial score (nSPS) is 10.7. The van der Waals surface area contributed by atoms with Crippen LogP contribution in [0.1, 0.15) is 11.1 Å². The minimum atomic E-state index is 0.612. The fourth-order valence-corrected chi connectivity index (χ4v) is 2.84. The van der Waals surface area contributed by atoms with Gasteiger partial charge in [0.25, 0.3) is 0 Å². The molecule has 0 bridgehead atoms. The summed E-state index contributed by atoms with van der Waals surface area (Å²) in [5, 5.41) is 6.68. The van der Waals surface area contributed by atoms with Crippen LogP contribution in [0.2, 0.25) is 0 Å². The number of anilines is 1. The lowest BCUT2D eigenvalue weighted by Crippen LogP contribution is -2.16. The molecule has 0 saturated carbocycles. The fraction of sp³-hybridized carbons (Fsp3) is 0.174. The molecule has 0 aliphatic heterocycles. The molecule has 144 valence electrons. The quantitative estimate of drug-likeness (QED) is 0.420. The summed E-state index contributed by atoms with van der Waals surface area (Å²) in [6, 6.07) is 23.9. The van der Waals surface area contributed by atoms with Gasteiger partial charge in [-0.2, -0.15) is 5.10 Å². The van der Waals surface area contributed by atoms with Crippen LogP contribution in [-0.2, 0) is 6.54 Å². The van der Waals surface area contributed by atoms with Crippen molar-refractivity contribution < 1.29 is 14.2 Å². The molecule has 0 aliphatic carbocycles. The summed E-state index contributed by atoms with van der Waals surface area (Å²) in [6.45, 7) is 0.650. The van der Waals surface area contributed by atoms with Crippen molar-refractivity contribution >= 4 is 11.9 Å². The highest BCUT2D eigenvalue weighted by Gasteiger charge is 2.11. The van der Waals surface area contributed by atoms with E-state index in [0.717, 1.165) is 11.3 Å². The molecule has 0 radical (unpaired) electrons. The topological polar surface area (TPSA) is 43.3 Å². The molecule has 0 saturated heterocycles. The van der Waals surface area contributed by atoms with Crippen molar-refractivity contribution in [3.63, 3.8) is 0 Å². The maximum atomic E-state index is 5.50. The maximum Gasteiger partial charge on any atom is 0.164 e. The number of nitrogens with zero attached hydrogens (tertiary/aromatic N) is 2. The van der Waals surface area contributed by atoms with Crippen molar-refractivity contribution in [2.75, 3.05) is 26.3 Å². The van der Waals surface area contributed by atoms with E-state index in [1.54, 1.807) is 33.6 Å². The van der Waals surface area contributed by atoms with Crippen LogP contribution in [0.25, 0.3) is 0 Å². The van der Waals surface area contributed by atoms with Crippen LogP contribution in [0.4, 0.5) is 5.69 Å². The van der Waals surface area contributed by atoms with Crippen molar-refractivity contribution in [2.24, 2.45) is 5.10 Å². The summed E-state index contributed by atoms with van der Waals surface area (Å²) in [7, 11) is 4.83. The Morgan fingerprint density at radius 1 is 0.750 bits per heavy atom. The van der Waals surface area contributed by atoms with Gasteiger partial charge in [-0.1, -0.05) is 48.5 Å². The molecule has 0 aromatic heterocycles. The van der Waals surface area contributed by atoms with Crippen LogP contribution in [0.3, 0.4) is 0 Å². The third-order valence-electron chi connectivity index (χ3n) is 4.30. The highest BCUT2D eigenvalue weighted by molar-refractivity contribution is 5.85. The molecule has 0 atom stereocenters. The Bertz CT molecular complexity index is 912. The van der Waals surface area contributed by atoms with Crippen molar-refractivity contribution in [3.8, 4) is 17.2 Å². The zero-order valence-electron chi connectivity index (χ0n) is 16.3. The molecule has 0 fully saturated rings. The van der Waals surface area contributed by atoms with Gasteiger partial charge in [0.15, 0.2) is 11.5 Å². The third kappa shape index (κ3) is 4.62. The van der Waals surface area contributed by atoms with E-state index in [4.69, 9.17) is 19.3 Å². The molecular weight excluding hydrogens is 352 g/mol. The average molecular weight is 376 g/mol. The van der Waals surface area contributed by atoms with Crippen LogP contribution < -0.4 is 19.2 Å². The minimum Gasteiger partial charge on any atom is -0.496 e. The van der Waals surface area contributed by atoms with E-state index in [9.17, 15) is 0 Å². The predicted molar refractivity (Wildman–Crippen MR) is 113 cm³/mol. The van der Waals surface area contributed by atoms with E-state index < -0.39 is 0 Å². The second kappa shape index (κ2) is 9.46. The predicted octanol–water partition coefficient (Wildman–Crippen LogP) is 4.75. The van der Waals surface area contributed by atoms with E-state index in [2.05, 4.69) is 12.1 Å². The second-order valence-corrected chi connectivity index (χ2v) is 6.07. The fourth-order valence-electron chi connectivity index (χ4n) is 2.84. The molecule has 0 unspecified atom stereocenters. The Hall–Kier alpha value is -3.47. The number of rotatable bonds is 8. The van der Waals surface area contributed by atoms with Gasteiger partial charge in [0.05, 0.1) is 39.8 Å². The molecule has 0 heterocycles. The van der Waals surface area contributed by atoms with Gasteiger partial charge in [0.2, 0.25) is 0 Å². The number of hydrogen-bond acceptors (Lipinski definition) is 5. The standard InChI is InChI=1S/C23H24N2O3/c1-26-21-15-23(28-3)22(27-2)14-19(21)16-24-25(20-12-8-5-9-13-20)17-18-10-6-4-7-11-18/h4-16H,17H2,1-3H3. The molecule has 3 aromatic carbocycles. The number of methoxy groups -OCH3 is 3. The van der Waals surface area contributed by atoms with Gasteiger partial charge in [0, 0.05) is 11.6 Å². The smallest absolute Gasteiger partial charge is 0.164 e. The lowest BCUT2D eigenvalue weighted by atomic mass is 10.2. The third-order valence-corrected chi connectivity index (χ3v) is 4.30. The van der Waals surface area contributed by atoms with Gasteiger partial charge in [-0.15, -0.1) is 0 Å². The number of hydrogen-bond donors (Lipinski definition) is 0. The molecule has 0 N–H and O–H groups in total. The highest BCUT2D eigenvalue weighted by Crippen LogP contribution is 2.34. The first kappa shape index (κ1) is 19.3. The first-order valence-corrected chi connectivity index (χ1v) is 8.95. The molecule has 3 rings (SSSR count). The SMILES string of the molecule is COc1cc(OC)c(OC)cc1C=NN(Cc1ccccc1)c1ccccc1. The van der Waals surface area contributed by atoms with E-state index in [-0.39, 0.29) is 0 Å². The second-order valence-electron chi connectivity index (χ2n) is 6.07. The summed E-state index contributed by atoms with van der Waals surface area (Å²) in [5.41, 5.74) is 2.97. The van der Waals surface area contributed by atoms with Gasteiger partial charge < -0.3 is 14.2 Å². The molecule has 3 aromatic rings. The van der Waals surface area contributed by atoms with Crippen LogP contribution in [0.5, 0.6) is 17.2 Å². The highest BCUT2D eigenvalue weighted by atomic mass is 16.5. The summed E-state index contributed by atoms with van der Waals surface area (Å²) in [5.74, 6) is 1.90. The Balaban J connectivity index is 1.95. The lowest BCUT2D eigenvalue weighted by Gasteiger charge is -2.19. The van der Waals surface area contributed by atoms with Crippen molar-refractivity contribution in [1.82, 2.24) is 0 Å². The molecule has 0 spiro atoms. The van der Waals surface area contributed by atoms with E-state index >= 15 is 0 Å². The van der Waals surface area contributed by atoms with Crippen LogP contribution in [-0.4, -0.2) is 27.5 Å².